The van der Waals surface area contributed by atoms with Crippen molar-refractivity contribution in [3.63, 3.8) is 0 Å². The molecule has 1 heterocycles. The van der Waals surface area contributed by atoms with Gasteiger partial charge in [-0.2, -0.15) is 8.42 Å². The van der Waals surface area contributed by atoms with Crippen molar-refractivity contribution in [2.75, 3.05) is 10.1 Å². The van der Waals surface area contributed by atoms with Gasteiger partial charge in [0.1, 0.15) is 0 Å². The number of nitrogen functional groups attached to an aromatic ring is 1. The molecule has 6 nitrogen and oxygen atoms in total. The Morgan fingerprint density at radius 2 is 1.95 bits per heavy atom. The molecule has 0 aliphatic heterocycles. The molecule has 2 rings (SSSR count). The molecule has 7 heteroatoms. The first-order chi connectivity index (χ1) is 9.94. The summed E-state index contributed by atoms with van der Waals surface area (Å²) in [5.74, 6) is 5.63. The van der Waals surface area contributed by atoms with Crippen LogP contribution in [0.3, 0.4) is 0 Å². The van der Waals surface area contributed by atoms with Gasteiger partial charge in [0.15, 0.2) is 0 Å². The second kappa shape index (κ2) is 6.11. The standard InChI is InChI=1S/C14H18N4O2S/c1-10(2)11-5-3-6-12(9-11)18-21(19,20)14-13(17-15)7-4-8-16-14/h3-10,17-18H,15H2,1-2H3. The molecule has 0 aliphatic rings. The van der Waals surface area contributed by atoms with E-state index in [1.165, 1.54) is 6.20 Å². The molecule has 21 heavy (non-hydrogen) atoms. The van der Waals surface area contributed by atoms with Gasteiger partial charge in [-0.1, -0.05) is 26.0 Å². The van der Waals surface area contributed by atoms with Gasteiger partial charge in [-0.15, -0.1) is 0 Å². The highest BCUT2D eigenvalue weighted by Gasteiger charge is 2.20. The molecule has 0 saturated heterocycles. The van der Waals surface area contributed by atoms with E-state index in [4.69, 9.17) is 5.84 Å². The molecule has 0 fully saturated rings. The van der Waals surface area contributed by atoms with E-state index in [-0.39, 0.29) is 10.7 Å². The van der Waals surface area contributed by atoms with Crippen molar-refractivity contribution in [3.05, 3.63) is 48.2 Å². The fourth-order valence-corrected chi connectivity index (χ4v) is 3.03. The summed E-state index contributed by atoms with van der Waals surface area (Å²) in [5.41, 5.74) is 4.12. The number of nitrogens with one attached hydrogen (secondary N) is 2. The first-order valence-corrected chi connectivity index (χ1v) is 7.97. The Labute approximate surface area is 124 Å². The van der Waals surface area contributed by atoms with Crippen molar-refractivity contribution in [1.82, 2.24) is 4.98 Å². The average molecular weight is 306 g/mol. The van der Waals surface area contributed by atoms with Crippen molar-refractivity contribution >= 4 is 21.4 Å². The molecule has 0 unspecified atom stereocenters. The molecule has 1 aromatic heterocycles. The van der Waals surface area contributed by atoms with E-state index >= 15 is 0 Å². The Morgan fingerprint density at radius 3 is 2.62 bits per heavy atom. The van der Waals surface area contributed by atoms with Crippen LogP contribution in [0.25, 0.3) is 0 Å². The monoisotopic (exact) mass is 306 g/mol. The zero-order valence-electron chi connectivity index (χ0n) is 11.9. The van der Waals surface area contributed by atoms with Gasteiger partial charge in [-0.3, -0.25) is 10.6 Å². The SMILES string of the molecule is CC(C)c1cccc(NS(=O)(=O)c2ncccc2NN)c1. The summed E-state index contributed by atoms with van der Waals surface area (Å²) in [4.78, 5) is 3.88. The molecule has 0 spiro atoms. The minimum absolute atomic E-state index is 0.137. The lowest BCUT2D eigenvalue weighted by molar-refractivity contribution is 0.598. The van der Waals surface area contributed by atoms with Gasteiger partial charge < -0.3 is 5.43 Å². The van der Waals surface area contributed by atoms with Gasteiger partial charge in [0.2, 0.25) is 5.03 Å². The first kappa shape index (κ1) is 15.3. The molecular weight excluding hydrogens is 288 g/mol. The lowest BCUT2D eigenvalue weighted by Gasteiger charge is -2.12. The van der Waals surface area contributed by atoms with Crippen molar-refractivity contribution in [3.8, 4) is 0 Å². The number of aromatic nitrogens is 1. The third-order valence-electron chi connectivity index (χ3n) is 2.99. The van der Waals surface area contributed by atoms with E-state index < -0.39 is 10.0 Å². The van der Waals surface area contributed by atoms with Gasteiger partial charge in [-0.05, 0) is 35.7 Å². The zero-order chi connectivity index (χ0) is 15.5. The van der Waals surface area contributed by atoms with E-state index in [1.807, 2.05) is 26.0 Å². The number of nitrogens with two attached hydrogens (primary N) is 1. The Balaban J connectivity index is 2.35. The number of benzene rings is 1. The molecule has 0 radical (unpaired) electrons. The highest BCUT2D eigenvalue weighted by molar-refractivity contribution is 7.92. The van der Waals surface area contributed by atoms with Crippen molar-refractivity contribution < 1.29 is 8.42 Å². The fraction of sp³-hybridized carbons (Fsp3) is 0.214. The van der Waals surface area contributed by atoms with Gasteiger partial charge in [0, 0.05) is 11.9 Å². The van der Waals surface area contributed by atoms with Gasteiger partial charge in [-0.25, -0.2) is 4.98 Å². The maximum atomic E-state index is 12.4. The minimum atomic E-state index is -3.80. The summed E-state index contributed by atoms with van der Waals surface area (Å²) in [6.07, 6.45) is 1.40. The molecule has 112 valence electrons. The highest BCUT2D eigenvalue weighted by Crippen LogP contribution is 2.23. The molecule has 0 atom stereocenters. The number of hydrazine groups is 1. The number of sulfonamides is 1. The fourth-order valence-electron chi connectivity index (χ4n) is 1.88. The van der Waals surface area contributed by atoms with Crippen molar-refractivity contribution in [2.24, 2.45) is 5.84 Å². The molecular formula is C14H18N4O2S. The zero-order valence-corrected chi connectivity index (χ0v) is 12.7. The summed E-state index contributed by atoms with van der Waals surface area (Å²) in [6, 6.07) is 10.4. The lowest BCUT2D eigenvalue weighted by atomic mass is 10.0. The molecule has 1 aromatic carbocycles. The Hall–Kier alpha value is -2.12. The third-order valence-corrected chi connectivity index (χ3v) is 4.33. The predicted molar refractivity (Wildman–Crippen MR) is 83.4 cm³/mol. The van der Waals surface area contributed by atoms with E-state index in [1.54, 1.807) is 24.3 Å². The molecule has 0 bridgehead atoms. The summed E-state index contributed by atoms with van der Waals surface area (Å²) < 4.78 is 27.3. The lowest BCUT2D eigenvalue weighted by Crippen LogP contribution is -2.19. The molecule has 2 aromatic rings. The topological polar surface area (TPSA) is 97.1 Å². The largest absolute Gasteiger partial charge is 0.321 e. The van der Waals surface area contributed by atoms with E-state index in [2.05, 4.69) is 15.1 Å². The maximum absolute atomic E-state index is 12.4. The maximum Gasteiger partial charge on any atom is 0.281 e. The Bertz CT molecular complexity index is 729. The van der Waals surface area contributed by atoms with E-state index in [9.17, 15) is 8.42 Å². The van der Waals surface area contributed by atoms with Crippen LogP contribution in [0.2, 0.25) is 0 Å². The van der Waals surface area contributed by atoms with Gasteiger partial charge >= 0.3 is 0 Å². The minimum Gasteiger partial charge on any atom is -0.321 e. The smallest absolute Gasteiger partial charge is 0.281 e. The summed E-state index contributed by atoms with van der Waals surface area (Å²) >= 11 is 0. The van der Waals surface area contributed by atoms with Crippen LogP contribution in [0.5, 0.6) is 0 Å². The molecule has 0 saturated carbocycles. The summed E-state index contributed by atoms with van der Waals surface area (Å²) in [6.45, 7) is 4.09. The third kappa shape index (κ3) is 3.50. The molecule has 0 amide bonds. The highest BCUT2D eigenvalue weighted by atomic mass is 32.2. The van der Waals surface area contributed by atoms with Crippen LogP contribution in [0, 0.1) is 0 Å². The summed E-state index contributed by atoms with van der Waals surface area (Å²) in [7, 11) is -3.80. The second-order valence-electron chi connectivity index (χ2n) is 4.89. The Kier molecular flexibility index (Phi) is 4.44. The molecule has 0 aliphatic carbocycles. The quantitative estimate of drug-likeness (QED) is 0.581. The van der Waals surface area contributed by atoms with Crippen LogP contribution in [-0.2, 0) is 10.0 Å². The van der Waals surface area contributed by atoms with Crippen LogP contribution in [0.4, 0.5) is 11.4 Å². The van der Waals surface area contributed by atoms with Crippen molar-refractivity contribution in [1.29, 1.82) is 0 Å². The van der Waals surface area contributed by atoms with Crippen LogP contribution in [-0.4, -0.2) is 13.4 Å². The number of nitrogens with zero attached hydrogens (tertiary/aromatic N) is 1. The second-order valence-corrected chi connectivity index (χ2v) is 6.48. The predicted octanol–water partition coefficient (Wildman–Crippen LogP) is 2.29. The normalized spacial score (nSPS) is 11.4. The number of hydrogen-bond donors (Lipinski definition) is 3. The summed E-state index contributed by atoms with van der Waals surface area (Å²) in [5, 5.41) is -0.137. The number of anilines is 2. The number of hydrogen-bond acceptors (Lipinski definition) is 5. The van der Waals surface area contributed by atoms with E-state index in [0.29, 0.717) is 11.6 Å². The van der Waals surface area contributed by atoms with Gasteiger partial charge in [0.25, 0.3) is 10.0 Å². The van der Waals surface area contributed by atoms with Crippen LogP contribution in [0.15, 0.2) is 47.6 Å². The van der Waals surface area contributed by atoms with Crippen LogP contribution < -0.4 is 16.0 Å². The molecule has 4 N–H and O–H groups in total. The van der Waals surface area contributed by atoms with Gasteiger partial charge in [0.05, 0.1) is 5.69 Å². The van der Waals surface area contributed by atoms with Crippen LogP contribution >= 0.6 is 0 Å². The number of pyridine rings is 1. The average Bonchev–Trinajstić information content (AvgIpc) is 2.47. The van der Waals surface area contributed by atoms with E-state index in [0.717, 1.165) is 5.56 Å². The van der Waals surface area contributed by atoms with Crippen molar-refractivity contribution in [2.45, 2.75) is 24.8 Å². The first-order valence-electron chi connectivity index (χ1n) is 6.48. The Morgan fingerprint density at radius 1 is 1.19 bits per heavy atom. The number of rotatable bonds is 5. The van der Waals surface area contributed by atoms with Crippen LogP contribution in [0.1, 0.15) is 25.3 Å².